The third-order valence-electron chi connectivity index (χ3n) is 8.12. The van der Waals surface area contributed by atoms with E-state index in [0.29, 0.717) is 24.0 Å². The van der Waals surface area contributed by atoms with E-state index >= 15 is 0 Å². The number of esters is 1. The maximum absolute atomic E-state index is 14.3. The summed E-state index contributed by atoms with van der Waals surface area (Å²) in [7, 11) is 5.69. The Kier molecular flexibility index (Phi) is 13.5. The van der Waals surface area contributed by atoms with Crippen LogP contribution in [0, 0.1) is 0 Å². The van der Waals surface area contributed by atoms with Gasteiger partial charge in [-0.2, -0.15) is 0 Å². The first-order valence-corrected chi connectivity index (χ1v) is 16.3. The number of aldehydes is 1. The minimum absolute atomic E-state index is 0.0332. The van der Waals surface area contributed by atoms with Crippen LogP contribution in [-0.4, -0.2) is 85.6 Å². The van der Waals surface area contributed by atoms with Crippen molar-refractivity contribution in [3.63, 3.8) is 0 Å². The Morgan fingerprint density at radius 3 is 1.91 bits per heavy atom. The molecule has 1 aliphatic rings. The van der Waals surface area contributed by atoms with Crippen molar-refractivity contribution in [2.24, 2.45) is 0 Å². The van der Waals surface area contributed by atoms with Gasteiger partial charge in [-0.3, -0.25) is 14.4 Å². The summed E-state index contributed by atoms with van der Waals surface area (Å²) >= 11 is 0. The first kappa shape index (κ1) is 38.4. The van der Waals surface area contributed by atoms with Crippen molar-refractivity contribution in [3.8, 4) is 23.0 Å². The van der Waals surface area contributed by atoms with Crippen molar-refractivity contribution in [1.29, 1.82) is 0 Å². The van der Waals surface area contributed by atoms with Gasteiger partial charge in [0.05, 0.1) is 17.2 Å². The number of benzene rings is 4. The van der Waals surface area contributed by atoms with Crippen molar-refractivity contribution in [2.45, 2.75) is 18.6 Å². The summed E-state index contributed by atoms with van der Waals surface area (Å²) in [5.74, 6) is -1.49. The number of rotatable bonds is 19. The number of fused-ring (bicyclic) bond motifs is 1. The van der Waals surface area contributed by atoms with Gasteiger partial charge >= 0.3 is 5.97 Å². The Bertz CT molecular complexity index is 1880. The quantitative estimate of drug-likeness (QED) is 0.0600. The molecular weight excluding hydrogens is 690 g/mol. The van der Waals surface area contributed by atoms with Gasteiger partial charge < -0.3 is 47.9 Å². The fraction of sp³-hybridized carbons (Fsp3) is 0.282. The number of carbonyl (C=O) groups is 4. The van der Waals surface area contributed by atoms with Crippen molar-refractivity contribution in [3.05, 3.63) is 118 Å². The van der Waals surface area contributed by atoms with E-state index < -0.39 is 23.9 Å². The third-order valence-corrected chi connectivity index (χ3v) is 8.12. The zero-order valence-electron chi connectivity index (χ0n) is 29.6. The molecule has 4 aromatic carbocycles. The molecule has 1 amide bonds. The molecule has 14 nitrogen and oxygen atoms in total. The van der Waals surface area contributed by atoms with Crippen molar-refractivity contribution >= 4 is 23.9 Å². The topological polar surface area (TPSA) is 163 Å². The minimum atomic E-state index is -0.875. The van der Waals surface area contributed by atoms with Crippen LogP contribution in [0.4, 0.5) is 0 Å². The summed E-state index contributed by atoms with van der Waals surface area (Å²) in [4.78, 5) is 53.8. The lowest BCUT2D eigenvalue weighted by Gasteiger charge is -2.23. The van der Waals surface area contributed by atoms with Crippen LogP contribution in [-0.2, 0) is 30.1 Å². The molecule has 14 heteroatoms. The van der Waals surface area contributed by atoms with E-state index in [1.165, 1.54) is 52.7 Å². The summed E-state index contributed by atoms with van der Waals surface area (Å²) < 4.78 is 49.0. The first-order valence-electron chi connectivity index (χ1n) is 16.3. The molecule has 0 spiro atoms. The largest absolute Gasteiger partial charge is 0.468 e. The van der Waals surface area contributed by atoms with E-state index in [-0.39, 0.29) is 72.6 Å². The van der Waals surface area contributed by atoms with Gasteiger partial charge in [-0.05, 0) is 60.0 Å². The minimum Gasteiger partial charge on any atom is -0.468 e. The second-order valence-corrected chi connectivity index (χ2v) is 11.6. The second-order valence-electron chi connectivity index (χ2n) is 11.6. The van der Waals surface area contributed by atoms with Gasteiger partial charge in [-0.25, -0.2) is 4.79 Å². The van der Waals surface area contributed by atoms with Gasteiger partial charge in [0.1, 0.15) is 34.7 Å². The van der Waals surface area contributed by atoms with E-state index in [2.05, 4.69) is 5.32 Å². The molecule has 2 unspecified atom stereocenters. The molecule has 1 N–H and O–H groups in total. The number of nitrogens with one attached hydrogen (secondary N) is 1. The Morgan fingerprint density at radius 2 is 1.28 bits per heavy atom. The second kappa shape index (κ2) is 18.6. The monoisotopic (exact) mass is 729 g/mol. The van der Waals surface area contributed by atoms with Gasteiger partial charge in [0, 0.05) is 39.6 Å². The highest BCUT2D eigenvalue weighted by Gasteiger charge is 2.37. The molecule has 0 radical (unpaired) electrons. The van der Waals surface area contributed by atoms with Crippen LogP contribution < -0.4 is 24.3 Å². The predicted octanol–water partition coefficient (Wildman–Crippen LogP) is 4.91. The highest BCUT2D eigenvalue weighted by molar-refractivity contribution is 6.17. The van der Waals surface area contributed by atoms with Crippen LogP contribution >= 0.6 is 0 Å². The van der Waals surface area contributed by atoms with Gasteiger partial charge in [0.2, 0.25) is 5.78 Å². The number of hydrogen-bond donors (Lipinski definition) is 1. The number of carbonyl (C=O) groups excluding carboxylic acids is 4. The third kappa shape index (κ3) is 9.17. The van der Waals surface area contributed by atoms with Crippen LogP contribution in [0.2, 0.25) is 0 Å². The van der Waals surface area contributed by atoms with E-state index in [4.69, 9.17) is 42.6 Å². The highest BCUT2D eigenvalue weighted by atomic mass is 16.7. The summed E-state index contributed by atoms with van der Waals surface area (Å²) in [6.07, 6.45) is 0.0430. The number of amides is 1. The average molecular weight is 730 g/mol. The van der Waals surface area contributed by atoms with E-state index in [9.17, 15) is 19.2 Å². The molecule has 0 aliphatic heterocycles. The van der Waals surface area contributed by atoms with E-state index in [1.807, 2.05) is 24.3 Å². The maximum Gasteiger partial charge on any atom is 0.339 e. The Hall–Kier alpha value is -5.80. The number of methoxy groups -OCH3 is 4. The molecule has 0 saturated carbocycles. The molecule has 53 heavy (non-hydrogen) atoms. The summed E-state index contributed by atoms with van der Waals surface area (Å²) in [5.41, 5.74) is 1.77. The van der Waals surface area contributed by atoms with Crippen molar-refractivity contribution in [2.75, 3.05) is 55.6 Å². The highest BCUT2D eigenvalue weighted by Crippen LogP contribution is 2.39. The molecule has 0 heterocycles. The number of ketones is 1. The molecule has 5 rings (SSSR count). The lowest BCUT2D eigenvalue weighted by atomic mass is 9.95. The summed E-state index contributed by atoms with van der Waals surface area (Å²) in [6.45, 7) is -0.755. The first-order chi connectivity index (χ1) is 25.8. The normalized spacial score (nSPS) is 14.5. The Balaban J connectivity index is 1.49. The Labute approximate surface area is 305 Å². The molecule has 0 saturated heterocycles. The van der Waals surface area contributed by atoms with Crippen molar-refractivity contribution < 1.29 is 61.8 Å². The van der Waals surface area contributed by atoms with Crippen LogP contribution in [0.15, 0.2) is 78.9 Å². The summed E-state index contributed by atoms with van der Waals surface area (Å²) in [5, 5.41) is 3.01. The van der Waals surface area contributed by atoms with Gasteiger partial charge in [-0.15, -0.1) is 0 Å². The van der Waals surface area contributed by atoms with Gasteiger partial charge in [0.15, 0.2) is 33.5 Å². The van der Waals surface area contributed by atoms with Crippen molar-refractivity contribution in [1.82, 2.24) is 5.32 Å². The lowest BCUT2D eigenvalue weighted by molar-refractivity contribution is 0.0217. The van der Waals surface area contributed by atoms with Crippen LogP contribution in [0.1, 0.15) is 64.2 Å². The predicted molar refractivity (Wildman–Crippen MR) is 188 cm³/mol. The molecule has 1 aliphatic carbocycles. The Morgan fingerprint density at radius 1 is 0.679 bits per heavy atom. The molecule has 0 fully saturated rings. The van der Waals surface area contributed by atoms with Gasteiger partial charge in [-0.1, -0.05) is 36.4 Å². The fourth-order valence-electron chi connectivity index (χ4n) is 5.76. The molecule has 2 atom stereocenters. The lowest BCUT2D eigenvalue weighted by Crippen LogP contribution is -2.39. The fourth-order valence-corrected chi connectivity index (χ4v) is 5.76. The van der Waals surface area contributed by atoms with Crippen LogP contribution in [0.25, 0.3) is 0 Å². The van der Waals surface area contributed by atoms with Gasteiger partial charge in [0.25, 0.3) is 5.91 Å². The SMILES string of the molecule is COCOc1ccc(C(=O)NC2Cc3ccccc3C2OC(=O)c2cc(OCOC)c(C(=O)c3c(C=O)cccc3OCOC)c(OCOC)c2)cc1. The molecule has 278 valence electrons. The molecule has 0 aromatic heterocycles. The zero-order chi connectivity index (χ0) is 37.7. The maximum atomic E-state index is 14.3. The van der Waals surface area contributed by atoms with Crippen LogP contribution in [0.5, 0.6) is 23.0 Å². The number of ether oxygens (including phenoxy) is 9. The molecule has 0 bridgehead atoms. The smallest absolute Gasteiger partial charge is 0.339 e. The number of hydrogen-bond acceptors (Lipinski definition) is 13. The molecular formula is C39H39NO13. The summed E-state index contributed by atoms with van der Waals surface area (Å²) in [6, 6.07) is 20.5. The van der Waals surface area contributed by atoms with E-state index in [0.717, 1.165) is 11.1 Å². The standard InChI is InChI=1S/C39H39NO13/c1-45-20-49-28-14-12-24(13-15-28)38(43)40-30-16-25-8-5-6-10-29(25)37(30)53-39(44)27-17-32(51-22-47-3)35(33(18-27)52-23-48-4)36(42)34-26(19-41)9-7-11-31(34)50-21-46-2/h5-15,17-19,30,37H,16,20-23H2,1-4H3,(H,40,43). The zero-order valence-corrected chi connectivity index (χ0v) is 29.6. The van der Waals surface area contributed by atoms with E-state index in [1.54, 1.807) is 30.3 Å². The van der Waals surface area contributed by atoms with Crippen LogP contribution in [0.3, 0.4) is 0 Å². The average Bonchev–Trinajstić information content (AvgIpc) is 3.52. The molecule has 4 aromatic rings.